The number of carbonyl (C=O) groups is 1. The highest BCUT2D eigenvalue weighted by molar-refractivity contribution is 5.83. The molecule has 0 atom stereocenters. The summed E-state index contributed by atoms with van der Waals surface area (Å²) in [5.74, 6) is 1.99. The average molecular weight is 268 g/mol. The molecule has 0 N–H and O–H groups in total. The molecule has 1 aromatic rings. The molecular formula is C19H24O. The Hall–Kier alpha value is -1.37. The van der Waals surface area contributed by atoms with Crippen molar-refractivity contribution in [1.82, 2.24) is 0 Å². The van der Waals surface area contributed by atoms with Crippen LogP contribution in [-0.4, -0.2) is 5.78 Å². The predicted molar refractivity (Wildman–Crippen MR) is 83.0 cm³/mol. The van der Waals surface area contributed by atoms with E-state index >= 15 is 0 Å². The molecule has 0 spiro atoms. The van der Waals surface area contributed by atoms with Crippen LogP contribution in [0.5, 0.6) is 0 Å². The Bertz CT molecular complexity index is 506. The van der Waals surface area contributed by atoms with Crippen LogP contribution in [0.25, 0.3) is 0 Å². The number of carbonyl (C=O) groups excluding carboxylic acids is 1. The van der Waals surface area contributed by atoms with Crippen LogP contribution in [0.1, 0.15) is 61.1 Å². The largest absolute Gasteiger partial charge is 0.299 e. The maximum Gasteiger partial charge on any atom is 0.137 e. The van der Waals surface area contributed by atoms with Gasteiger partial charge in [-0.15, -0.1) is 6.58 Å². The summed E-state index contributed by atoms with van der Waals surface area (Å²) in [4.78, 5) is 11.5. The Morgan fingerprint density at radius 1 is 1.10 bits per heavy atom. The van der Waals surface area contributed by atoms with Gasteiger partial charge in [0.2, 0.25) is 0 Å². The lowest BCUT2D eigenvalue weighted by atomic mass is 9.76. The molecule has 3 rings (SSSR count). The van der Waals surface area contributed by atoms with Crippen molar-refractivity contribution >= 4 is 5.78 Å². The van der Waals surface area contributed by atoms with E-state index in [4.69, 9.17) is 0 Å². The van der Waals surface area contributed by atoms with Crippen LogP contribution in [0.15, 0.2) is 30.9 Å². The van der Waals surface area contributed by atoms with Crippen LogP contribution in [0.2, 0.25) is 0 Å². The van der Waals surface area contributed by atoms with Gasteiger partial charge in [-0.05, 0) is 67.1 Å². The Morgan fingerprint density at radius 3 is 2.65 bits per heavy atom. The van der Waals surface area contributed by atoms with Crippen molar-refractivity contribution < 1.29 is 4.79 Å². The third kappa shape index (κ3) is 2.87. The lowest BCUT2D eigenvalue weighted by molar-refractivity contribution is -0.118. The van der Waals surface area contributed by atoms with E-state index in [1.54, 1.807) is 0 Å². The number of fused-ring (bicyclic) bond motifs is 1. The Labute approximate surface area is 122 Å². The number of benzene rings is 1. The van der Waals surface area contributed by atoms with Crippen LogP contribution in [0.4, 0.5) is 0 Å². The molecule has 0 amide bonds. The van der Waals surface area contributed by atoms with Crippen molar-refractivity contribution in [3.05, 3.63) is 47.5 Å². The van der Waals surface area contributed by atoms with E-state index < -0.39 is 0 Å². The minimum Gasteiger partial charge on any atom is -0.299 e. The third-order valence-electron chi connectivity index (χ3n) is 5.11. The first-order chi connectivity index (χ1) is 9.76. The van der Waals surface area contributed by atoms with Gasteiger partial charge < -0.3 is 0 Å². The summed E-state index contributed by atoms with van der Waals surface area (Å²) in [6, 6.07) is 6.87. The van der Waals surface area contributed by atoms with Crippen molar-refractivity contribution in [2.75, 3.05) is 0 Å². The number of ketones is 1. The molecular weight excluding hydrogens is 244 g/mol. The summed E-state index contributed by atoms with van der Waals surface area (Å²) in [5.41, 5.74) is 4.20. The SMILES string of the molecule is C=CCC1CCC(c2ccc3c(c2)CCC(=O)C3)CC1. The average Bonchev–Trinajstić information content (AvgIpc) is 2.48. The normalized spacial score (nSPS) is 26.1. The second kappa shape index (κ2) is 5.95. The fraction of sp³-hybridized carbons (Fsp3) is 0.526. The quantitative estimate of drug-likeness (QED) is 0.732. The van der Waals surface area contributed by atoms with E-state index in [0.29, 0.717) is 12.2 Å². The molecule has 0 aromatic heterocycles. The molecule has 2 aliphatic carbocycles. The molecule has 0 saturated heterocycles. The van der Waals surface area contributed by atoms with Gasteiger partial charge in [0.1, 0.15) is 5.78 Å². The highest BCUT2D eigenvalue weighted by atomic mass is 16.1. The van der Waals surface area contributed by atoms with Gasteiger partial charge in [0.25, 0.3) is 0 Å². The Balaban J connectivity index is 1.69. The van der Waals surface area contributed by atoms with Crippen molar-refractivity contribution in [1.29, 1.82) is 0 Å². The van der Waals surface area contributed by atoms with Gasteiger partial charge in [-0.2, -0.15) is 0 Å². The zero-order chi connectivity index (χ0) is 13.9. The number of allylic oxidation sites excluding steroid dienone is 1. The van der Waals surface area contributed by atoms with Gasteiger partial charge in [0.05, 0.1) is 0 Å². The minimum atomic E-state index is 0.398. The van der Waals surface area contributed by atoms with Crippen LogP contribution in [0, 0.1) is 5.92 Å². The van der Waals surface area contributed by atoms with E-state index in [0.717, 1.165) is 24.7 Å². The molecule has 0 radical (unpaired) electrons. The second-order valence-corrected chi connectivity index (χ2v) is 6.49. The molecule has 1 fully saturated rings. The second-order valence-electron chi connectivity index (χ2n) is 6.49. The van der Waals surface area contributed by atoms with Gasteiger partial charge >= 0.3 is 0 Å². The number of rotatable bonds is 3. The van der Waals surface area contributed by atoms with Gasteiger partial charge in [0.15, 0.2) is 0 Å². The predicted octanol–water partition coefficient (Wildman–Crippen LogP) is 4.59. The van der Waals surface area contributed by atoms with Crippen molar-refractivity contribution in [2.24, 2.45) is 5.92 Å². The van der Waals surface area contributed by atoms with E-state index in [-0.39, 0.29) is 0 Å². The van der Waals surface area contributed by atoms with E-state index in [2.05, 4.69) is 30.9 Å². The number of Topliss-reactive ketones (excluding diaryl/α,β-unsaturated/α-hetero) is 1. The number of hydrogen-bond acceptors (Lipinski definition) is 1. The fourth-order valence-corrected chi connectivity index (χ4v) is 3.85. The summed E-state index contributed by atoms with van der Waals surface area (Å²) in [7, 11) is 0. The standard InChI is InChI=1S/C19H24O/c1-2-3-14-4-6-15(7-5-14)16-8-9-18-13-19(20)11-10-17(18)12-16/h2,8-9,12,14-15H,1,3-7,10-11,13H2. The van der Waals surface area contributed by atoms with Crippen molar-refractivity contribution in [3.63, 3.8) is 0 Å². The molecule has 0 unspecified atom stereocenters. The summed E-state index contributed by atoms with van der Waals surface area (Å²) in [6.45, 7) is 3.86. The first kappa shape index (κ1) is 13.6. The highest BCUT2D eigenvalue weighted by Gasteiger charge is 2.23. The summed E-state index contributed by atoms with van der Waals surface area (Å²) in [6.07, 6.45) is 10.9. The molecule has 20 heavy (non-hydrogen) atoms. The zero-order valence-corrected chi connectivity index (χ0v) is 12.2. The maximum absolute atomic E-state index is 11.5. The molecule has 1 heteroatoms. The van der Waals surface area contributed by atoms with Crippen LogP contribution < -0.4 is 0 Å². The third-order valence-corrected chi connectivity index (χ3v) is 5.11. The van der Waals surface area contributed by atoms with Gasteiger partial charge in [-0.3, -0.25) is 4.79 Å². The smallest absolute Gasteiger partial charge is 0.137 e. The van der Waals surface area contributed by atoms with Crippen LogP contribution in [-0.2, 0) is 17.6 Å². The molecule has 2 aliphatic rings. The number of hydrogen-bond donors (Lipinski definition) is 0. The molecule has 0 aliphatic heterocycles. The minimum absolute atomic E-state index is 0.398. The first-order valence-corrected chi connectivity index (χ1v) is 8.00. The van der Waals surface area contributed by atoms with E-state index in [1.165, 1.54) is 48.8 Å². The van der Waals surface area contributed by atoms with Crippen molar-refractivity contribution in [3.8, 4) is 0 Å². The summed E-state index contributed by atoms with van der Waals surface area (Å²) in [5, 5.41) is 0. The van der Waals surface area contributed by atoms with Crippen LogP contribution in [0.3, 0.4) is 0 Å². The lowest BCUT2D eigenvalue weighted by Gasteiger charge is -2.29. The molecule has 1 aromatic carbocycles. The van der Waals surface area contributed by atoms with E-state index in [1.807, 2.05) is 0 Å². The van der Waals surface area contributed by atoms with Gasteiger partial charge in [-0.1, -0.05) is 24.3 Å². The zero-order valence-electron chi connectivity index (χ0n) is 12.2. The Kier molecular flexibility index (Phi) is 4.05. The molecule has 1 saturated carbocycles. The summed E-state index contributed by atoms with van der Waals surface area (Å²) < 4.78 is 0. The molecule has 0 bridgehead atoms. The molecule has 106 valence electrons. The monoisotopic (exact) mass is 268 g/mol. The number of aryl methyl sites for hydroxylation is 1. The van der Waals surface area contributed by atoms with Crippen molar-refractivity contribution in [2.45, 2.75) is 57.3 Å². The van der Waals surface area contributed by atoms with Gasteiger partial charge in [0, 0.05) is 12.8 Å². The topological polar surface area (TPSA) is 17.1 Å². The van der Waals surface area contributed by atoms with Crippen LogP contribution >= 0.6 is 0 Å². The first-order valence-electron chi connectivity index (χ1n) is 8.00. The molecule has 0 heterocycles. The van der Waals surface area contributed by atoms with Gasteiger partial charge in [-0.25, -0.2) is 0 Å². The maximum atomic E-state index is 11.5. The fourth-order valence-electron chi connectivity index (χ4n) is 3.85. The summed E-state index contributed by atoms with van der Waals surface area (Å²) >= 11 is 0. The highest BCUT2D eigenvalue weighted by Crippen LogP contribution is 2.38. The molecule has 1 nitrogen and oxygen atoms in total. The Morgan fingerprint density at radius 2 is 1.90 bits per heavy atom. The van der Waals surface area contributed by atoms with E-state index in [9.17, 15) is 4.79 Å². The lowest BCUT2D eigenvalue weighted by Crippen LogP contribution is -2.16.